The van der Waals surface area contributed by atoms with Crippen molar-refractivity contribution in [3.8, 4) is 0 Å². The maximum absolute atomic E-state index is 12.2. The second kappa shape index (κ2) is 8.61. The van der Waals surface area contributed by atoms with Gasteiger partial charge in [0.15, 0.2) is 5.76 Å². The van der Waals surface area contributed by atoms with Crippen LogP contribution in [0.15, 0.2) is 52.0 Å². The lowest BCUT2D eigenvalue weighted by molar-refractivity contribution is 0.0831. The van der Waals surface area contributed by atoms with E-state index in [1.54, 1.807) is 6.92 Å². The van der Waals surface area contributed by atoms with Gasteiger partial charge in [-0.3, -0.25) is 20.4 Å². The van der Waals surface area contributed by atoms with Crippen LogP contribution in [-0.2, 0) is 14.8 Å². The highest BCUT2D eigenvalue weighted by Crippen LogP contribution is 2.11. The summed E-state index contributed by atoms with van der Waals surface area (Å²) in [7, 11) is -2.25. The van der Waals surface area contributed by atoms with Crippen LogP contribution in [-0.4, -0.2) is 40.0 Å². The minimum Gasteiger partial charge on any atom is -0.459 e. The average molecular weight is 381 g/mol. The van der Waals surface area contributed by atoms with Gasteiger partial charge in [-0.25, -0.2) is 13.1 Å². The fraction of sp³-hybridized carbons (Fsp3) is 0.250. The molecule has 0 saturated carbocycles. The highest BCUT2D eigenvalue weighted by molar-refractivity contribution is 7.89. The van der Waals surface area contributed by atoms with Crippen LogP contribution >= 0.6 is 0 Å². The molecule has 140 valence electrons. The number of ether oxygens (including phenoxy) is 1. The molecule has 0 bridgehead atoms. The van der Waals surface area contributed by atoms with Gasteiger partial charge in [-0.1, -0.05) is 0 Å². The van der Waals surface area contributed by atoms with Crippen molar-refractivity contribution in [1.29, 1.82) is 0 Å². The maximum Gasteiger partial charge on any atom is 0.305 e. The Kier molecular flexibility index (Phi) is 6.50. The molecule has 1 aromatic heterocycles. The van der Waals surface area contributed by atoms with E-state index in [0.717, 1.165) is 0 Å². The first-order chi connectivity index (χ1) is 12.3. The van der Waals surface area contributed by atoms with Gasteiger partial charge in [-0.2, -0.15) is 0 Å². The van der Waals surface area contributed by atoms with E-state index >= 15 is 0 Å². The van der Waals surface area contributed by atoms with Gasteiger partial charge < -0.3 is 9.15 Å². The van der Waals surface area contributed by atoms with E-state index in [4.69, 9.17) is 9.15 Å². The first-order valence-electron chi connectivity index (χ1n) is 7.59. The molecule has 2 amide bonds. The summed E-state index contributed by atoms with van der Waals surface area (Å²) in [5, 5.41) is 0. The van der Waals surface area contributed by atoms with Gasteiger partial charge >= 0.3 is 5.91 Å². The largest absolute Gasteiger partial charge is 0.459 e. The van der Waals surface area contributed by atoms with Gasteiger partial charge in [0.05, 0.1) is 17.8 Å². The quantitative estimate of drug-likeness (QED) is 0.605. The molecule has 1 atom stereocenters. The van der Waals surface area contributed by atoms with E-state index in [1.807, 2.05) is 0 Å². The summed E-state index contributed by atoms with van der Waals surface area (Å²) in [6, 6.07) is 7.85. The molecule has 0 aliphatic rings. The first-order valence-corrected chi connectivity index (χ1v) is 9.07. The molecule has 26 heavy (non-hydrogen) atoms. The Morgan fingerprint density at radius 1 is 1.12 bits per heavy atom. The summed E-state index contributed by atoms with van der Waals surface area (Å²) in [5.41, 5.74) is 4.58. The molecule has 0 saturated heterocycles. The van der Waals surface area contributed by atoms with Gasteiger partial charge in [-0.05, 0) is 43.3 Å². The molecule has 10 heteroatoms. The van der Waals surface area contributed by atoms with Crippen LogP contribution < -0.4 is 15.6 Å². The average Bonchev–Trinajstić information content (AvgIpc) is 3.14. The van der Waals surface area contributed by atoms with Crippen LogP contribution in [0.1, 0.15) is 27.8 Å². The molecule has 2 rings (SSSR count). The zero-order valence-corrected chi connectivity index (χ0v) is 15.0. The summed E-state index contributed by atoms with van der Waals surface area (Å²) in [5.74, 6) is -1.17. The van der Waals surface area contributed by atoms with Crippen LogP contribution in [0.2, 0.25) is 0 Å². The van der Waals surface area contributed by atoms with E-state index < -0.39 is 27.9 Å². The number of carbonyl (C=O) groups is 2. The van der Waals surface area contributed by atoms with Crippen molar-refractivity contribution < 1.29 is 27.2 Å². The van der Waals surface area contributed by atoms with Crippen LogP contribution in [0.4, 0.5) is 0 Å². The van der Waals surface area contributed by atoms with E-state index in [9.17, 15) is 18.0 Å². The molecule has 0 aliphatic carbocycles. The highest BCUT2D eigenvalue weighted by Gasteiger charge is 2.18. The zero-order valence-electron chi connectivity index (χ0n) is 14.2. The van der Waals surface area contributed by atoms with Crippen LogP contribution in [0.3, 0.4) is 0 Å². The van der Waals surface area contributed by atoms with Crippen molar-refractivity contribution in [2.75, 3.05) is 13.7 Å². The smallest absolute Gasteiger partial charge is 0.305 e. The first kappa shape index (κ1) is 19.6. The molecule has 0 unspecified atom stereocenters. The SMILES string of the molecule is COC[C@H](C)NS(=O)(=O)c1ccc(C(=O)NNC(=O)c2ccco2)cc1. The number of furan rings is 1. The third-order valence-electron chi connectivity index (χ3n) is 3.23. The van der Waals surface area contributed by atoms with Gasteiger partial charge in [-0.15, -0.1) is 0 Å². The van der Waals surface area contributed by atoms with Gasteiger partial charge in [0, 0.05) is 18.7 Å². The summed E-state index contributed by atoms with van der Waals surface area (Å²) in [6.45, 7) is 1.90. The summed E-state index contributed by atoms with van der Waals surface area (Å²) in [6.07, 6.45) is 1.33. The Labute approximate surface area is 150 Å². The fourth-order valence-corrected chi connectivity index (χ4v) is 3.29. The lowest BCUT2D eigenvalue weighted by atomic mass is 10.2. The lowest BCUT2D eigenvalue weighted by Gasteiger charge is -2.13. The molecule has 0 fully saturated rings. The predicted octanol–water partition coefficient (Wildman–Crippen LogP) is 0.668. The second-order valence-electron chi connectivity index (χ2n) is 5.39. The van der Waals surface area contributed by atoms with E-state index in [0.29, 0.717) is 0 Å². The number of carbonyl (C=O) groups excluding carboxylic acids is 2. The summed E-state index contributed by atoms with van der Waals surface area (Å²) >= 11 is 0. The van der Waals surface area contributed by atoms with Gasteiger partial charge in [0.25, 0.3) is 5.91 Å². The van der Waals surface area contributed by atoms with Gasteiger partial charge in [0.1, 0.15) is 0 Å². The zero-order chi connectivity index (χ0) is 19.2. The molecular formula is C16H19N3O6S. The van der Waals surface area contributed by atoms with Crippen molar-refractivity contribution >= 4 is 21.8 Å². The normalized spacial score (nSPS) is 12.4. The van der Waals surface area contributed by atoms with Crippen molar-refractivity contribution in [3.63, 3.8) is 0 Å². The number of benzene rings is 1. The summed E-state index contributed by atoms with van der Waals surface area (Å²) < 4.78 is 36.7. The Bertz CT molecular complexity index is 847. The van der Waals surface area contributed by atoms with E-state index in [2.05, 4.69) is 15.6 Å². The maximum atomic E-state index is 12.2. The number of nitrogens with one attached hydrogen (secondary N) is 3. The highest BCUT2D eigenvalue weighted by atomic mass is 32.2. The van der Waals surface area contributed by atoms with Crippen LogP contribution in [0.5, 0.6) is 0 Å². The van der Waals surface area contributed by atoms with Crippen molar-refractivity contribution in [3.05, 3.63) is 54.0 Å². The number of methoxy groups -OCH3 is 1. The minimum atomic E-state index is -3.72. The number of rotatable bonds is 7. The molecule has 0 spiro atoms. The molecule has 1 aromatic carbocycles. The number of amides is 2. The topological polar surface area (TPSA) is 127 Å². The lowest BCUT2D eigenvalue weighted by Crippen LogP contribution is -2.41. The Hall–Kier alpha value is -2.69. The second-order valence-corrected chi connectivity index (χ2v) is 7.10. The number of sulfonamides is 1. The number of hydrazine groups is 1. The third kappa shape index (κ3) is 5.15. The molecule has 0 radical (unpaired) electrons. The standard InChI is InChI=1S/C16H19N3O6S/c1-11(10-24-2)19-26(22,23)13-7-5-12(6-8-13)15(20)17-18-16(21)14-4-3-9-25-14/h3-9,11,19H,10H2,1-2H3,(H,17,20)(H,18,21)/t11-/m0/s1. The molecule has 1 heterocycles. The Morgan fingerprint density at radius 2 is 1.77 bits per heavy atom. The summed E-state index contributed by atoms with van der Waals surface area (Å²) in [4.78, 5) is 23.7. The number of hydrogen-bond acceptors (Lipinski definition) is 6. The molecule has 3 N–H and O–H groups in total. The fourth-order valence-electron chi connectivity index (χ4n) is 2.06. The minimum absolute atomic E-state index is 0.0108. The Balaban J connectivity index is 1.97. The van der Waals surface area contributed by atoms with Crippen molar-refractivity contribution in [1.82, 2.24) is 15.6 Å². The van der Waals surface area contributed by atoms with Gasteiger partial charge in [0.2, 0.25) is 10.0 Å². The number of hydrogen-bond donors (Lipinski definition) is 3. The molecular weight excluding hydrogens is 362 g/mol. The van der Waals surface area contributed by atoms with Crippen molar-refractivity contribution in [2.24, 2.45) is 0 Å². The van der Waals surface area contributed by atoms with E-state index in [-0.39, 0.29) is 22.8 Å². The third-order valence-corrected chi connectivity index (χ3v) is 4.84. The predicted molar refractivity (Wildman–Crippen MR) is 91.7 cm³/mol. The molecule has 2 aromatic rings. The molecule has 0 aliphatic heterocycles. The molecule has 9 nitrogen and oxygen atoms in total. The van der Waals surface area contributed by atoms with E-state index in [1.165, 1.54) is 49.8 Å². The monoisotopic (exact) mass is 381 g/mol. The Morgan fingerprint density at radius 3 is 2.35 bits per heavy atom. The van der Waals surface area contributed by atoms with Crippen LogP contribution in [0.25, 0.3) is 0 Å². The van der Waals surface area contributed by atoms with Crippen molar-refractivity contribution in [2.45, 2.75) is 17.9 Å². The van der Waals surface area contributed by atoms with Crippen LogP contribution in [0, 0.1) is 0 Å².